The molecule has 20 heavy (non-hydrogen) atoms. The zero-order chi connectivity index (χ0) is 14.8. The van der Waals surface area contributed by atoms with Crippen LogP contribution in [0.5, 0.6) is 0 Å². The van der Waals surface area contributed by atoms with Gasteiger partial charge in [-0.2, -0.15) is 0 Å². The molecule has 0 amide bonds. The van der Waals surface area contributed by atoms with Crippen molar-refractivity contribution in [3.05, 3.63) is 33.1 Å². The van der Waals surface area contributed by atoms with E-state index in [0.717, 1.165) is 23.2 Å². The second-order valence-electron chi connectivity index (χ2n) is 6.48. The Morgan fingerprint density at radius 1 is 1.35 bits per heavy atom. The fourth-order valence-corrected chi connectivity index (χ4v) is 3.07. The van der Waals surface area contributed by atoms with Gasteiger partial charge in [0.25, 0.3) is 0 Å². The Kier molecular flexibility index (Phi) is 5.42. The second kappa shape index (κ2) is 6.71. The van der Waals surface area contributed by atoms with Gasteiger partial charge in [-0.15, -0.1) is 0 Å². The maximum absolute atomic E-state index is 13.8. The Labute approximate surface area is 134 Å². The lowest BCUT2D eigenvalue weighted by Crippen LogP contribution is -2.38. The van der Waals surface area contributed by atoms with E-state index in [-0.39, 0.29) is 5.82 Å². The Balaban J connectivity index is 1.85. The zero-order valence-electron chi connectivity index (χ0n) is 12.2. The first-order valence-corrected chi connectivity index (χ1v) is 8.31. The molecule has 1 fully saturated rings. The molecule has 0 radical (unpaired) electrons. The zero-order valence-corrected chi connectivity index (χ0v) is 14.4. The summed E-state index contributed by atoms with van der Waals surface area (Å²) in [6.07, 6.45) is 2.28. The highest BCUT2D eigenvalue weighted by molar-refractivity contribution is 14.1. The van der Waals surface area contributed by atoms with Crippen LogP contribution >= 0.6 is 22.6 Å². The minimum Gasteiger partial charge on any atom is -0.388 e. The number of nitrogens with zero attached hydrogens (tertiary/aromatic N) is 1. The first-order chi connectivity index (χ1) is 9.37. The van der Waals surface area contributed by atoms with Gasteiger partial charge < -0.3 is 10.0 Å². The summed E-state index contributed by atoms with van der Waals surface area (Å²) in [6.45, 7) is 7.60. The number of likely N-dealkylation sites (tertiary alicyclic amines) is 1. The van der Waals surface area contributed by atoms with E-state index < -0.39 is 6.10 Å². The van der Waals surface area contributed by atoms with Crippen molar-refractivity contribution < 1.29 is 9.50 Å². The Bertz CT molecular complexity index is 454. The van der Waals surface area contributed by atoms with Gasteiger partial charge in [-0.25, -0.2) is 4.39 Å². The minimum absolute atomic E-state index is 0.302. The third kappa shape index (κ3) is 4.40. The third-order valence-electron chi connectivity index (χ3n) is 4.25. The number of halogens is 2. The summed E-state index contributed by atoms with van der Waals surface area (Å²) < 4.78 is 14.6. The molecule has 0 aromatic heterocycles. The molecule has 2 rings (SSSR count). The predicted octanol–water partition coefficient (Wildman–Crippen LogP) is 3.98. The van der Waals surface area contributed by atoms with Crippen LogP contribution in [0.2, 0.25) is 0 Å². The predicted molar refractivity (Wildman–Crippen MR) is 88.1 cm³/mol. The second-order valence-corrected chi connectivity index (χ2v) is 7.72. The molecule has 1 aliphatic heterocycles. The number of aliphatic hydroxyl groups is 1. The molecule has 0 saturated carbocycles. The average Bonchev–Trinajstić information content (AvgIpc) is 2.37. The van der Waals surface area contributed by atoms with Crippen molar-refractivity contribution in [3.8, 4) is 0 Å². The maximum Gasteiger partial charge on any atom is 0.130 e. The van der Waals surface area contributed by atoms with E-state index in [1.165, 1.54) is 18.9 Å². The molecule has 1 aliphatic rings. The smallest absolute Gasteiger partial charge is 0.130 e. The Morgan fingerprint density at radius 2 is 2.00 bits per heavy atom. The molecule has 1 heterocycles. The van der Waals surface area contributed by atoms with Crippen LogP contribution in [-0.2, 0) is 0 Å². The van der Waals surface area contributed by atoms with Crippen LogP contribution in [0.1, 0.15) is 44.8 Å². The van der Waals surface area contributed by atoms with E-state index in [1.807, 2.05) is 6.07 Å². The fraction of sp³-hybridized carbons (Fsp3) is 0.625. The van der Waals surface area contributed by atoms with Gasteiger partial charge in [-0.3, -0.25) is 0 Å². The van der Waals surface area contributed by atoms with Crippen LogP contribution in [0.15, 0.2) is 18.2 Å². The first-order valence-electron chi connectivity index (χ1n) is 7.23. The molecular formula is C16H23FINO. The lowest BCUT2D eigenvalue weighted by atomic mass is 9.82. The van der Waals surface area contributed by atoms with Crippen LogP contribution in [-0.4, -0.2) is 29.6 Å². The molecule has 1 N–H and O–H groups in total. The monoisotopic (exact) mass is 391 g/mol. The van der Waals surface area contributed by atoms with Crippen LogP contribution in [0, 0.1) is 14.8 Å². The number of benzene rings is 1. The van der Waals surface area contributed by atoms with E-state index in [0.29, 0.717) is 17.4 Å². The molecular weight excluding hydrogens is 368 g/mol. The highest BCUT2D eigenvalue weighted by atomic mass is 127. The van der Waals surface area contributed by atoms with E-state index in [1.54, 1.807) is 6.07 Å². The summed E-state index contributed by atoms with van der Waals surface area (Å²) in [5, 5.41) is 10.2. The van der Waals surface area contributed by atoms with Crippen molar-refractivity contribution in [3.63, 3.8) is 0 Å². The Hall–Kier alpha value is -0.200. The van der Waals surface area contributed by atoms with Gasteiger partial charge in [-0.1, -0.05) is 19.9 Å². The standard InChI is InChI=1S/C16H23FINO/c1-16(2)6-9-19(10-7-16)8-5-15(20)13-4-3-12(18)11-14(13)17/h3-4,11,15,20H,5-10H2,1-2H3. The molecule has 1 unspecified atom stereocenters. The molecule has 0 aliphatic carbocycles. The quantitative estimate of drug-likeness (QED) is 0.786. The van der Waals surface area contributed by atoms with Crippen molar-refractivity contribution in [2.24, 2.45) is 5.41 Å². The van der Waals surface area contributed by atoms with Gasteiger partial charge in [-0.05, 0) is 72.5 Å². The van der Waals surface area contributed by atoms with Gasteiger partial charge in [0, 0.05) is 15.7 Å². The molecule has 0 bridgehead atoms. The van der Waals surface area contributed by atoms with Crippen molar-refractivity contribution in [1.29, 1.82) is 0 Å². The average molecular weight is 391 g/mol. The lowest BCUT2D eigenvalue weighted by molar-refractivity contribution is 0.0999. The fourth-order valence-electron chi connectivity index (χ4n) is 2.61. The molecule has 1 aromatic rings. The maximum atomic E-state index is 13.8. The summed E-state index contributed by atoms with van der Waals surface area (Å²) in [7, 11) is 0. The first kappa shape index (κ1) is 16.2. The number of rotatable bonds is 4. The van der Waals surface area contributed by atoms with E-state index in [2.05, 4.69) is 41.3 Å². The molecule has 4 heteroatoms. The number of hydrogen-bond acceptors (Lipinski definition) is 2. The summed E-state index contributed by atoms with van der Waals surface area (Å²) in [5.41, 5.74) is 0.861. The van der Waals surface area contributed by atoms with Crippen LogP contribution < -0.4 is 0 Å². The van der Waals surface area contributed by atoms with E-state index in [9.17, 15) is 9.50 Å². The molecule has 112 valence electrons. The van der Waals surface area contributed by atoms with Gasteiger partial charge >= 0.3 is 0 Å². The summed E-state index contributed by atoms with van der Waals surface area (Å²) >= 11 is 2.08. The normalized spacial score (nSPS) is 20.9. The largest absolute Gasteiger partial charge is 0.388 e. The SMILES string of the molecule is CC1(C)CCN(CCC(O)c2ccc(I)cc2F)CC1. The summed E-state index contributed by atoms with van der Waals surface area (Å²) in [6, 6.07) is 5.01. The molecule has 1 saturated heterocycles. The van der Waals surface area contributed by atoms with Gasteiger partial charge in [0.15, 0.2) is 0 Å². The number of aliphatic hydroxyl groups excluding tert-OH is 1. The van der Waals surface area contributed by atoms with E-state index in [4.69, 9.17) is 0 Å². The van der Waals surface area contributed by atoms with Crippen molar-refractivity contribution >= 4 is 22.6 Å². The van der Waals surface area contributed by atoms with Crippen LogP contribution in [0.4, 0.5) is 4.39 Å². The van der Waals surface area contributed by atoms with Crippen LogP contribution in [0.3, 0.4) is 0 Å². The highest BCUT2D eigenvalue weighted by Crippen LogP contribution is 2.30. The molecule has 0 spiro atoms. The molecule has 1 aromatic carbocycles. The van der Waals surface area contributed by atoms with Gasteiger partial charge in [0.2, 0.25) is 0 Å². The highest BCUT2D eigenvalue weighted by Gasteiger charge is 2.25. The minimum atomic E-state index is -0.707. The summed E-state index contributed by atoms with van der Waals surface area (Å²) in [5.74, 6) is -0.302. The Morgan fingerprint density at radius 3 is 2.60 bits per heavy atom. The van der Waals surface area contributed by atoms with E-state index >= 15 is 0 Å². The van der Waals surface area contributed by atoms with Gasteiger partial charge in [0.05, 0.1) is 6.10 Å². The molecule has 1 atom stereocenters. The number of hydrogen-bond donors (Lipinski definition) is 1. The number of piperidine rings is 1. The van der Waals surface area contributed by atoms with Crippen molar-refractivity contribution in [2.75, 3.05) is 19.6 Å². The van der Waals surface area contributed by atoms with Crippen molar-refractivity contribution in [2.45, 2.75) is 39.2 Å². The van der Waals surface area contributed by atoms with Crippen molar-refractivity contribution in [1.82, 2.24) is 4.90 Å². The van der Waals surface area contributed by atoms with Gasteiger partial charge in [0.1, 0.15) is 5.82 Å². The third-order valence-corrected chi connectivity index (χ3v) is 4.92. The summed E-state index contributed by atoms with van der Waals surface area (Å²) in [4.78, 5) is 2.37. The molecule has 2 nitrogen and oxygen atoms in total. The lowest BCUT2D eigenvalue weighted by Gasteiger charge is -2.37. The topological polar surface area (TPSA) is 23.5 Å². The van der Waals surface area contributed by atoms with Crippen LogP contribution in [0.25, 0.3) is 0 Å².